The zero-order valence-electron chi connectivity index (χ0n) is 7.63. The predicted molar refractivity (Wildman–Crippen MR) is 52.6 cm³/mol. The lowest BCUT2D eigenvalue weighted by Crippen LogP contribution is -2.09. The summed E-state index contributed by atoms with van der Waals surface area (Å²) in [5, 5.41) is 0. The maximum atomic E-state index is 12.6. The fourth-order valence-corrected chi connectivity index (χ4v) is 1.62. The maximum Gasteiger partial charge on any atom is 0.338 e. The molecule has 0 spiro atoms. The Morgan fingerprint density at radius 1 is 1.67 bits per heavy atom. The van der Waals surface area contributed by atoms with E-state index in [2.05, 4.69) is 25.7 Å². The number of anilines is 1. The second-order valence-corrected chi connectivity index (χ2v) is 3.34. The molecule has 2 N–H and O–H groups in total. The molecular formula is C8H7BrF2N2O2. The summed E-state index contributed by atoms with van der Waals surface area (Å²) in [7, 11) is 1.10. The Morgan fingerprint density at radius 2 is 2.27 bits per heavy atom. The lowest BCUT2D eigenvalue weighted by molar-refractivity contribution is 0.0588. The number of carbonyl (C=O) groups is 1. The number of rotatable bonds is 2. The third-order valence-electron chi connectivity index (χ3n) is 1.66. The number of methoxy groups -OCH3 is 1. The summed E-state index contributed by atoms with van der Waals surface area (Å²) in [5.74, 6) is -0.910. The van der Waals surface area contributed by atoms with Gasteiger partial charge in [0, 0.05) is 0 Å². The Labute approximate surface area is 92.6 Å². The van der Waals surface area contributed by atoms with Crippen molar-refractivity contribution in [1.29, 1.82) is 0 Å². The zero-order valence-corrected chi connectivity index (χ0v) is 9.22. The average Bonchev–Trinajstić information content (AvgIpc) is 2.14. The van der Waals surface area contributed by atoms with Crippen molar-refractivity contribution >= 4 is 27.7 Å². The summed E-state index contributed by atoms with van der Waals surface area (Å²) in [5.41, 5.74) is 4.52. The van der Waals surface area contributed by atoms with Crippen molar-refractivity contribution in [2.45, 2.75) is 6.43 Å². The molecule has 0 radical (unpaired) electrons. The molecule has 1 aromatic heterocycles. The van der Waals surface area contributed by atoms with Crippen LogP contribution in [-0.4, -0.2) is 18.1 Å². The molecule has 0 saturated heterocycles. The fraction of sp³-hybridized carbons (Fsp3) is 0.250. The molecule has 1 heterocycles. The first kappa shape index (κ1) is 11.8. The van der Waals surface area contributed by atoms with Crippen molar-refractivity contribution in [1.82, 2.24) is 4.98 Å². The number of aromatic nitrogens is 1. The number of pyridine rings is 1. The first-order valence-electron chi connectivity index (χ1n) is 3.79. The molecule has 1 aromatic rings. The third kappa shape index (κ3) is 2.41. The van der Waals surface area contributed by atoms with Gasteiger partial charge in [-0.1, -0.05) is 0 Å². The topological polar surface area (TPSA) is 65.2 Å². The number of hydrogen-bond donors (Lipinski definition) is 1. The van der Waals surface area contributed by atoms with E-state index in [4.69, 9.17) is 5.73 Å². The van der Waals surface area contributed by atoms with Crippen LogP contribution < -0.4 is 5.73 Å². The van der Waals surface area contributed by atoms with Crippen molar-refractivity contribution in [3.8, 4) is 0 Å². The molecule has 0 aliphatic rings. The minimum absolute atomic E-state index is 0.0355. The molecular weight excluding hydrogens is 274 g/mol. The van der Waals surface area contributed by atoms with Gasteiger partial charge in [0.1, 0.15) is 10.4 Å². The van der Waals surface area contributed by atoms with Gasteiger partial charge in [0.25, 0.3) is 6.43 Å². The lowest BCUT2D eigenvalue weighted by Gasteiger charge is -2.09. The van der Waals surface area contributed by atoms with Crippen molar-refractivity contribution < 1.29 is 18.3 Å². The molecule has 82 valence electrons. The summed E-state index contributed by atoms with van der Waals surface area (Å²) in [6.07, 6.45) is -2.83. The molecule has 1 rings (SSSR count). The first-order valence-corrected chi connectivity index (χ1v) is 4.59. The fourth-order valence-electron chi connectivity index (χ4n) is 1.03. The van der Waals surface area contributed by atoms with E-state index in [0.29, 0.717) is 0 Å². The maximum absolute atomic E-state index is 12.6. The highest BCUT2D eigenvalue weighted by molar-refractivity contribution is 9.10. The first-order chi connectivity index (χ1) is 6.97. The summed E-state index contributed by atoms with van der Waals surface area (Å²) >= 11 is 2.82. The average molecular weight is 281 g/mol. The van der Waals surface area contributed by atoms with Gasteiger partial charge in [-0.15, -0.1) is 0 Å². The second-order valence-electron chi connectivity index (χ2n) is 2.59. The monoisotopic (exact) mass is 280 g/mol. The van der Waals surface area contributed by atoms with Crippen LogP contribution in [0.2, 0.25) is 0 Å². The highest BCUT2D eigenvalue weighted by Gasteiger charge is 2.23. The molecule has 4 nitrogen and oxygen atoms in total. The van der Waals surface area contributed by atoms with E-state index >= 15 is 0 Å². The van der Waals surface area contributed by atoms with Crippen LogP contribution in [0.4, 0.5) is 14.6 Å². The molecule has 7 heteroatoms. The second kappa shape index (κ2) is 4.52. The van der Waals surface area contributed by atoms with Crippen molar-refractivity contribution in [3.63, 3.8) is 0 Å². The van der Waals surface area contributed by atoms with Gasteiger partial charge in [-0.25, -0.2) is 18.6 Å². The number of hydrogen-bond acceptors (Lipinski definition) is 4. The highest BCUT2D eigenvalue weighted by atomic mass is 79.9. The molecule has 0 bridgehead atoms. The minimum atomic E-state index is -2.83. The number of ether oxygens (including phenoxy) is 1. The molecule has 0 amide bonds. The predicted octanol–water partition coefficient (Wildman–Crippen LogP) is 2.15. The summed E-state index contributed by atoms with van der Waals surface area (Å²) in [6.45, 7) is 0. The molecule has 0 aliphatic carbocycles. The quantitative estimate of drug-likeness (QED) is 0.666. The van der Waals surface area contributed by atoms with Gasteiger partial charge in [-0.3, -0.25) is 0 Å². The van der Waals surface area contributed by atoms with E-state index in [9.17, 15) is 13.6 Å². The van der Waals surface area contributed by atoms with E-state index < -0.39 is 18.0 Å². The standard InChI is InChI=1S/C8H7BrF2N2O2/c1-15-8(14)3-2-4(12)13-6(9)5(3)7(10)11/h2,7H,1H3,(H2,12,13). The van der Waals surface area contributed by atoms with Crippen LogP contribution in [0, 0.1) is 0 Å². The third-order valence-corrected chi connectivity index (χ3v) is 2.26. The Hall–Kier alpha value is -1.24. The summed E-state index contributed by atoms with van der Waals surface area (Å²) in [6, 6.07) is 1.05. The van der Waals surface area contributed by atoms with Gasteiger partial charge in [0.15, 0.2) is 0 Å². The number of halogens is 3. The van der Waals surface area contributed by atoms with Crippen LogP contribution >= 0.6 is 15.9 Å². The molecule has 0 aliphatic heterocycles. The van der Waals surface area contributed by atoms with Gasteiger partial charge in [-0.2, -0.15) is 0 Å². The molecule has 0 aromatic carbocycles. The van der Waals surface area contributed by atoms with Crippen LogP contribution in [0.25, 0.3) is 0 Å². The molecule has 0 saturated carbocycles. The van der Waals surface area contributed by atoms with Gasteiger partial charge >= 0.3 is 5.97 Å². The van der Waals surface area contributed by atoms with Crippen LogP contribution in [0.1, 0.15) is 22.3 Å². The molecule has 0 unspecified atom stereocenters. The van der Waals surface area contributed by atoms with Crippen molar-refractivity contribution in [3.05, 3.63) is 21.8 Å². The number of alkyl halides is 2. The Morgan fingerprint density at radius 3 is 2.73 bits per heavy atom. The van der Waals surface area contributed by atoms with Gasteiger partial charge in [-0.05, 0) is 22.0 Å². The van der Waals surface area contributed by atoms with Crippen LogP contribution in [-0.2, 0) is 4.74 Å². The normalized spacial score (nSPS) is 10.5. The van der Waals surface area contributed by atoms with Crippen LogP contribution in [0.3, 0.4) is 0 Å². The van der Waals surface area contributed by atoms with Crippen molar-refractivity contribution in [2.24, 2.45) is 0 Å². The number of nitrogens with zero attached hydrogens (tertiary/aromatic N) is 1. The van der Waals surface area contributed by atoms with Crippen LogP contribution in [0.5, 0.6) is 0 Å². The highest BCUT2D eigenvalue weighted by Crippen LogP contribution is 2.30. The summed E-state index contributed by atoms with van der Waals surface area (Å²) < 4.78 is 29.4. The minimum Gasteiger partial charge on any atom is -0.465 e. The summed E-state index contributed by atoms with van der Waals surface area (Å²) in [4.78, 5) is 14.8. The number of nitrogens with two attached hydrogens (primary N) is 1. The largest absolute Gasteiger partial charge is 0.465 e. The lowest BCUT2D eigenvalue weighted by atomic mass is 10.1. The van der Waals surface area contributed by atoms with E-state index in [-0.39, 0.29) is 16.0 Å². The van der Waals surface area contributed by atoms with Gasteiger partial charge in [0.05, 0.1) is 18.2 Å². The molecule has 15 heavy (non-hydrogen) atoms. The van der Waals surface area contributed by atoms with E-state index in [1.165, 1.54) is 0 Å². The van der Waals surface area contributed by atoms with E-state index in [1.54, 1.807) is 0 Å². The number of carbonyl (C=O) groups excluding carboxylic acids is 1. The Balaban J connectivity index is 3.40. The van der Waals surface area contributed by atoms with E-state index in [1.807, 2.05) is 0 Å². The molecule has 0 fully saturated rings. The van der Waals surface area contributed by atoms with Gasteiger partial charge < -0.3 is 10.5 Å². The Bertz CT molecular complexity index is 398. The molecule has 0 atom stereocenters. The number of esters is 1. The van der Waals surface area contributed by atoms with Gasteiger partial charge in [0.2, 0.25) is 0 Å². The Kier molecular flexibility index (Phi) is 3.57. The zero-order chi connectivity index (χ0) is 11.6. The van der Waals surface area contributed by atoms with E-state index in [0.717, 1.165) is 13.2 Å². The SMILES string of the molecule is COC(=O)c1cc(N)nc(Br)c1C(F)F. The number of nitrogen functional groups attached to an aromatic ring is 1. The smallest absolute Gasteiger partial charge is 0.338 e. The van der Waals surface area contributed by atoms with Crippen molar-refractivity contribution in [2.75, 3.05) is 12.8 Å². The van der Waals surface area contributed by atoms with Crippen LogP contribution in [0.15, 0.2) is 10.7 Å².